The fraction of sp³-hybridized carbons (Fsp3) is 0.308. The van der Waals surface area contributed by atoms with Crippen LogP contribution in [0.15, 0.2) is 35.7 Å². The summed E-state index contributed by atoms with van der Waals surface area (Å²) in [7, 11) is 0. The number of thiazole rings is 1. The van der Waals surface area contributed by atoms with Crippen LogP contribution in [0.3, 0.4) is 0 Å². The van der Waals surface area contributed by atoms with Gasteiger partial charge in [-0.05, 0) is 12.1 Å². The summed E-state index contributed by atoms with van der Waals surface area (Å²) in [5.41, 5.74) is 8.00. The van der Waals surface area contributed by atoms with Crippen LogP contribution in [-0.4, -0.2) is 11.5 Å². The zero-order chi connectivity index (χ0) is 12.1. The van der Waals surface area contributed by atoms with E-state index in [2.05, 4.69) is 41.5 Å². The molecule has 3 nitrogen and oxygen atoms in total. The Balaban J connectivity index is 2.13. The van der Waals surface area contributed by atoms with Gasteiger partial charge in [0.05, 0.1) is 5.69 Å². The summed E-state index contributed by atoms with van der Waals surface area (Å²) in [6.07, 6.45) is 0.881. The molecule has 1 unspecified atom stereocenters. The second-order valence-corrected chi connectivity index (χ2v) is 4.79. The Morgan fingerprint density at radius 3 is 2.71 bits per heavy atom. The number of aromatic nitrogens is 1. The third-order valence-corrected chi connectivity index (χ3v) is 3.36. The van der Waals surface area contributed by atoms with Gasteiger partial charge in [-0.15, -0.1) is 11.3 Å². The Hall–Kier alpha value is -1.39. The molecule has 0 saturated carbocycles. The second-order valence-electron chi connectivity index (χ2n) is 3.90. The van der Waals surface area contributed by atoms with Crippen LogP contribution in [0, 0.1) is 0 Å². The van der Waals surface area contributed by atoms with Crippen LogP contribution in [0.1, 0.15) is 24.2 Å². The van der Waals surface area contributed by atoms with Crippen molar-refractivity contribution >= 4 is 16.5 Å². The maximum atomic E-state index is 5.65. The first-order chi connectivity index (χ1) is 8.29. The molecular weight excluding hydrogens is 230 g/mol. The first-order valence-electron chi connectivity index (χ1n) is 5.77. The normalized spacial score (nSPS) is 12.5. The fourth-order valence-electron chi connectivity index (χ4n) is 1.87. The van der Waals surface area contributed by atoms with Crippen LogP contribution in [-0.2, 0) is 6.42 Å². The van der Waals surface area contributed by atoms with Crippen molar-refractivity contribution in [1.82, 2.24) is 10.3 Å². The van der Waals surface area contributed by atoms with Gasteiger partial charge in [-0.1, -0.05) is 37.3 Å². The van der Waals surface area contributed by atoms with Crippen molar-refractivity contribution in [2.24, 2.45) is 0 Å². The maximum absolute atomic E-state index is 5.65. The molecule has 2 rings (SSSR count). The number of anilines is 1. The van der Waals surface area contributed by atoms with E-state index in [1.807, 2.05) is 11.4 Å². The van der Waals surface area contributed by atoms with Crippen molar-refractivity contribution in [1.29, 1.82) is 0 Å². The number of rotatable bonds is 5. The van der Waals surface area contributed by atoms with E-state index in [1.165, 1.54) is 16.9 Å². The molecule has 0 aliphatic rings. The molecule has 1 atom stereocenters. The van der Waals surface area contributed by atoms with Gasteiger partial charge in [0.2, 0.25) is 0 Å². The van der Waals surface area contributed by atoms with Crippen molar-refractivity contribution in [2.75, 3.05) is 12.3 Å². The smallest absolute Gasteiger partial charge is 0.180 e. The number of nitrogens with zero attached hydrogens (tertiary/aromatic N) is 1. The topological polar surface area (TPSA) is 50.9 Å². The highest BCUT2D eigenvalue weighted by atomic mass is 32.1. The van der Waals surface area contributed by atoms with Crippen molar-refractivity contribution in [2.45, 2.75) is 19.4 Å². The van der Waals surface area contributed by atoms with E-state index >= 15 is 0 Å². The van der Waals surface area contributed by atoms with Gasteiger partial charge < -0.3 is 11.1 Å². The lowest BCUT2D eigenvalue weighted by Gasteiger charge is -2.17. The third-order valence-electron chi connectivity index (χ3n) is 2.64. The quantitative estimate of drug-likeness (QED) is 0.854. The monoisotopic (exact) mass is 247 g/mol. The molecular formula is C13H17N3S. The average molecular weight is 247 g/mol. The Bertz CT molecular complexity index is 453. The van der Waals surface area contributed by atoms with Crippen LogP contribution in [0.5, 0.6) is 0 Å². The number of nitrogens with two attached hydrogens (primary N) is 1. The largest absolute Gasteiger partial charge is 0.375 e. The van der Waals surface area contributed by atoms with Crippen LogP contribution >= 0.6 is 11.3 Å². The van der Waals surface area contributed by atoms with Crippen LogP contribution in [0.25, 0.3) is 0 Å². The van der Waals surface area contributed by atoms with Crippen molar-refractivity contribution in [3.05, 3.63) is 47.0 Å². The summed E-state index contributed by atoms with van der Waals surface area (Å²) in [5.74, 6) is 0. The van der Waals surface area contributed by atoms with E-state index < -0.39 is 0 Å². The number of hydrogen-bond donors (Lipinski definition) is 2. The van der Waals surface area contributed by atoms with Crippen LogP contribution in [0.4, 0.5) is 5.13 Å². The number of nitrogens with one attached hydrogen (secondary N) is 1. The summed E-state index contributed by atoms with van der Waals surface area (Å²) in [4.78, 5) is 4.31. The first kappa shape index (κ1) is 12.1. The van der Waals surface area contributed by atoms with Gasteiger partial charge in [0, 0.05) is 17.8 Å². The van der Waals surface area contributed by atoms with E-state index in [4.69, 9.17) is 5.73 Å². The van der Waals surface area contributed by atoms with E-state index in [1.54, 1.807) is 0 Å². The molecule has 0 fully saturated rings. The predicted molar refractivity (Wildman–Crippen MR) is 73.1 cm³/mol. The van der Waals surface area contributed by atoms with Gasteiger partial charge in [-0.2, -0.15) is 0 Å². The number of nitrogen functional groups attached to an aromatic ring is 1. The van der Waals surface area contributed by atoms with Crippen LogP contribution in [0.2, 0.25) is 0 Å². The SMILES string of the molecule is CCNC(Cc1csc(N)n1)c1ccccc1. The Morgan fingerprint density at radius 2 is 2.12 bits per heavy atom. The average Bonchev–Trinajstić information content (AvgIpc) is 2.75. The van der Waals surface area contributed by atoms with Gasteiger partial charge >= 0.3 is 0 Å². The highest BCUT2D eigenvalue weighted by Crippen LogP contribution is 2.20. The lowest BCUT2D eigenvalue weighted by molar-refractivity contribution is 0.545. The van der Waals surface area contributed by atoms with Crippen molar-refractivity contribution < 1.29 is 0 Å². The Morgan fingerprint density at radius 1 is 1.35 bits per heavy atom. The molecule has 4 heteroatoms. The highest BCUT2D eigenvalue weighted by molar-refractivity contribution is 7.13. The number of hydrogen-bond acceptors (Lipinski definition) is 4. The molecule has 0 amide bonds. The molecule has 3 N–H and O–H groups in total. The van der Waals surface area contributed by atoms with Crippen molar-refractivity contribution in [3.8, 4) is 0 Å². The minimum absolute atomic E-state index is 0.308. The lowest BCUT2D eigenvalue weighted by Crippen LogP contribution is -2.23. The molecule has 0 aliphatic carbocycles. The molecule has 1 aromatic heterocycles. The molecule has 0 spiro atoms. The lowest BCUT2D eigenvalue weighted by atomic mass is 10.0. The minimum Gasteiger partial charge on any atom is -0.375 e. The Kier molecular flexibility index (Phi) is 4.12. The van der Waals surface area contributed by atoms with Gasteiger partial charge in [-0.3, -0.25) is 0 Å². The Labute approximate surface area is 106 Å². The van der Waals surface area contributed by atoms with E-state index in [0.29, 0.717) is 11.2 Å². The molecule has 0 saturated heterocycles. The zero-order valence-electron chi connectivity index (χ0n) is 9.89. The maximum Gasteiger partial charge on any atom is 0.180 e. The molecule has 0 bridgehead atoms. The van der Waals surface area contributed by atoms with Gasteiger partial charge in [0.25, 0.3) is 0 Å². The van der Waals surface area contributed by atoms with Crippen LogP contribution < -0.4 is 11.1 Å². The number of likely N-dealkylation sites (N-methyl/N-ethyl adjacent to an activating group) is 1. The second kappa shape index (κ2) is 5.80. The molecule has 17 heavy (non-hydrogen) atoms. The predicted octanol–water partition coefficient (Wildman–Crippen LogP) is 2.62. The van der Waals surface area contributed by atoms with Gasteiger partial charge in [-0.25, -0.2) is 4.98 Å². The number of benzene rings is 1. The fourth-order valence-corrected chi connectivity index (χ4v) is 2.44. The van der Waals surface area contributed by atoms with E-state index in [-0.39, 0.29) is 0 Å². The standard InChI is InChI=1S/C13H17N3S/c1-2-15-12(10-6-4-3-5-7-10)8-11-9-17-13(14)16-11/h3-7,9,12,15H,2,8H2,1H3,(H2,14,16). The third kappa shape index (κ3) is 3.28. The molecule has 1 aromatic carbocycles. The molecule has 1 heterocycles. The van der Waals surface area contributed by atoms with Gasteiger partial charge in [0.15, 0.2) is 5.13 Å². The summed E-state index contributed by atoms with van der Waals surface area (Å²) in [6, 6.07) is 10.8. The van der Waals surface area contributed by atoms with Crippen molar-refractivity contribution in [3.63, 3.8) is 0 Å². The first-order valence-corrected chi connectivity index (χ1v) is 6.65. The minimum atomic E-state index is 0.308. The molecule has 0 radical (unpaired) electrons. The summed E-state index contributed by atoms with van der Waals surface area (Å²) >= 11 is 1.50. The molecule has 90 valence electrons. The highest BCUT2D eigenvalue weighted by Gasteiger charge is 2.12. The van der Waals surface area contributed by atoms with Gasteiger partial charge in [0.1, 0.15) is 0 Å². The summed E-state index contributed by atoms with van der Waals surface area (Å²) in [5, 5.41) is 6.15. The summed E-state index contributed by atoms with van der Waals surface area (Å²) in [6.45, 7) is 3.06. The molecule has 0 aliphatic heterocycles. The zero-order valence-corrected chi connectivity index (χ0v) is 10.7. The van der Waals surface area contributed by atoms with E-state index in [9.17, 15) is 0 Å². The van der Waals surface area contributed by atoms with E-state index in [0.717, 1.165) is 18.7 Å². The summed E-state index contributed by atoms with van der Waals surface area (Å²) < 4.78 is 0. The molecule has 2 aromatic rings.